The predicted octanol–water partition coefficient (Wildman–Crippen LogP) is 5.78. The van der Waals surface area contributed by atoms with Crippen molar-refractivity contribution in [3.8, 4) is 11.5 Å². The average Bonchev–Trinajstić information content (AvgIpc) is 2.69. The zero-order chi connectivity index (χ0) is 20.9. The van der Waals surface area contributed by atoms with Crippen molar-refractivity contribution >= 4 is 0 Å². The summed E-state index contributed by atoms with van der Waals surface area (Å²) in [6.07, 6.45) is -2.92. The Morgan fingerprint density at radius 3 is 2.48 bits per heavy atom. The minimum atomic E-state index is -4.40. The highest BCUT2D eigenvalue weighted by Crippen LogP contribution is 2.38. The summed E-state index contributed by atoms with van der Waals surface area (Å²) in [5, 5.41) is 0. The van der Waals surface area contributed by atoms with Crippen molar-refractivity contribution in [2.75, 3.05) is 19.7 Å². The van der Waals surface area contributed by atoms with Gasteiger partial charge in [-0.25, -0.2) is 0 Å². The van der Waals surface area contributed by atoms with E-state index in [2.05, 4.69) is 24.0 Å². The summed E-state index contributed by atoms with van der Waals surface area (Å²) >= 11 is 0. The molecule has 1 fully saturated rings. The molecule has 3 nitrogen and oxygen atoms in total. The van der Waals surface area contributed by atoms with E-state index < -0.39 is 11.7 Å². The summed E-state index contributed by atoms with van der Waals surface area (Å²) in [6, 6.07) is 13.8. The Hall–Kier alpha value is -2.21. The summed E-state index contributed by atoms with van der Waals surface area (Å²) in [4.78, 5) is 2.39. The van der Waals surface area contributed by atoms with Gasteiger partial charge in [0.2, 0.25) is 0 Å². The normalized spacial score (nSPS) is 20.4. The molecule has 2 unspecified atom stereocenters. The van der Waals surface area contributed by atoms with E-state index in [9.17, 15) is 13.2 Å². The summed E-state index contributed by atoms with van der Waals surface area (Å²) in [6.45, 7) is 7.05. The molecule has 1 saturated heterocycles. The van der Waals surface area contributed by atoms with Crippen LogP contribution in [0.2, 0.25) is 0 Å². The van der Waals surface area contributed by atoms with E-state index in [4.69, 9.17) is 9.47 Å². The van der Waals surface area contributed by atoms with Gasteiger partial charge in [0.15, 0.2) is 11.5 Å². The van der Waals surface area contributed by atoms with Gasteiger partial charge in [-0.15, -0.1) is 0 Å². The first kappa shape index (κ1) is 21.5. The van der Waals surface area contributed by atoms with Crippen LogP contribution in [0, 0.1) is 5.92 Å². The summed E-state index contributed by atoms with van der Waals surface area (Å²) in [5.74, 6) is 0.814. The Bertz CT molecular complexity index is 779. The zero-order valence-electron chi connectivity index (χ0n) is 16.9. The van der Waals surface area contributed by atoms with Gasteiger partial charge in [0.05, 0.1) is 12.2 Å². The molecule has 2 atom stereocenters. The van der Waals surface area contributed by atoms with Crippen molar-refractivity contribution in [2.24, 2.45) is 5.92 Å². The number of nitrogens with zero attached hydrogens (tertiary/aromatic N) is 1. The van der Waals surface area contributed by atoms with Crippen LogP contribution < -0.4 is 9.47 Å². The van der Waals surface area contributed by atoms with Crippen LogP contribution in [0.5, 0.6) is 11.5 Å². The summed E-state index contributed by atoms with van der Waals surface area (Å²) in [7, 11) is 0. The van der Waals surface area contributed by atoms with Gasteiger partial charge >= 0.3 is 6.18 Å². The molecule has 29 heavy (non-hydrogen) atoms. The van der Waals surface area contributed by atoms with Crippen LogP contribution in [-0.4, -0.2) is 30.7 Å². The van der Waals surface area contributed by atoms with Crippen molar-refractivity contribution in [3.05, 3.63) is 59.7 Å². The SMILES string of the molecule is CCCOc1cc(C(F)(F)F)ccc1OC1CCN(Cc2ccccc2)CC1C. The third-order valence-corrected chi connectivity index (χ3v) is 5.17. The molecule has 6 heteroatoms. The van der Waals surface area contributed by atoms with Gasteiger partial charge in [0, 0.05) is 25.6 Å². The second-order valence-corrected chi connectivity index (χ2v) is 7.65. The van der Waals surface area contributed by atoms with Gasteiger partial charge in [-0.05, 0) is 36.6 Å². The molecular formula is C23H28F3NO2. The van der Waals surface area contributed by atoms with Crippen LogP contribution in [0.25, 0.3) is 0 Å². The van der Waals surface area contributed by atoms with Crippen molar-refractivity contribution in [2.45, 2.75) is 45.5 Å². The maximum atomic E-state index is 13.1. The molecule has 0 radical (unpaired) electrons. The van der Waals surface area contributed by atoms with Crippen molar-refractivity contribution in [3.63, 3.8) is 0 Å². The zero-order valence-corrected chi connectivity index (χ0v) is 16.9. The Morgan fingerprint density at radius 1 is 1.07 bits per heavy atom. The first-order valence-electron chi connectivity index (χ1n) is 10.1. The minimum absolute atomic E-state index is 0.0530. The number of alkyl halides is 3. The number of hydrogen-bond donors (Lipinski definition) is 0. The maximum Gasteiger partial charge on any atom is 0.416 e. The van der Waals surface area contributed by atoms with Crippen molar-refractivity contribution < 1.29 is 22.6 Å². The van der Waals surface area contributed by atoms with Crippen LogP contribution in [0.4, 0.5) is 13.2 Å². The fraction of sp³-hybridized carbons (Fsp3) is 0.478. The van der Waals surface area contributed by atoms with Crippen molar-refractivity contribution in [1.29, 1.82) is 0 Å². The highest BCUT2D eigenvalue weighted by atomic mass is 19.4. The lowest BCUT2D eigenvalue weighted by molar-refractivity contribution is -0.137. The lowest BCUT2D eigenvalue weighted by atomic mass is 9.96. The van der Waals surface area contributed by atoms with Gasteiger partial charge in [-0.1, -0.05) is 44.2 Å². The second kappa shape index (κ2) is 9.53. The molecule has 158 valence electrons. The standard InChI is InChI=1S/C23H28F3NO2/c1-3-13-28-22-14-19(23(24,25)26)9-10-21(22)29-20-11-12-27(15-17(20)2)16-18-7-5-4-6-8-18/h4-10,14,17,20H,3,11-13,15-16H2,1-2H3. The molecular weight excluding hydrogens is 379 g/mol. The summed E-state index contributed by atoms with van der Waals surface area (Å²) < 4.78 is 50.9. The van der Waals surface area contributed by atoms with Gasteiger partial charge in [0.1, 0.15) is 6.10 Å². The van der Waals surface area contributed by atoms with E-state index in [1.807, 2.05) is 25.1 Å². The third kappa shape index (κ3) is 5.89. The molecule has 2 aromatic rings. The Kier molecular flexibility index (Phi) is 7.06. The number of hydrogen-bond acceptors (Lipinski definition) is 3. The topological polar surface area (TPSA) is 21.7 Å². The summed E-state index contributed by atoms with van der Waals surface area (Å²) in [5.41, 5.74) is 0.554. The quantitative estimate of drug-likeness (QED) is 0.580. The van der Waals surface area contributed by atoms with E-state index in [0.717, 1.165) is 38.2 Å². The Labute approximate surface area is 170 Å². The molecule has 1 aliphatic rings. The monoisotopic (exact) mass is 407 g/mol. The second-order valence-electron chi connectivity index (χ2n) is 7.65. The molecule has 1 heterocycles. The fourth-order valence-electron chi connectivity index (χ4n) is 3.64. The molecule has 0 saturated carbocycles. The molecule has 0 spiro atoms. The Morgan fingerprint density at radius 2 is 1.83 bits per heavy atom. The first-order valence-corrected chi connectivity index (χ1v) is 10.1. The lowest BCUT2D eigenvalue weighted by Crippen LogP contribution is -2.44. The highest BCUT2D eigenvalue weighted by molar-refractivity contribution is 5.44. The number of rotatable bonds is 7. The Balaban J connectivity index is 1.66. The number of ether oxygens (including phenoxy) is 2. The van der Waals surface area contributed by atoms with Crippen LogP contribution in [-0.2, 0) is 12.7 Å². The third-order valence-electron chi connectivity index (χ3n) is 5.17. The molecule has 0 bridgehead atoms. The highest BCUT2D eigenvalue weighted by Gasteiger charge is 2.33. The average molecular weight is 407 g/mol. The maximum absolute atomic E-state index is 13.1. The molecule has 3 rings (SSSR count). The van der Waals surface area contributed by atoms with Gasteiger partial charge in [0.25, 0.3) is 0 Å². The molecule has 2 aromatic carbocycles. The predicted molar refractivity (Wildman–Crippen MR) is 107 cm³/mol. The minimum Gasteiger partial charge on any atom is -0.490 e. The van der Waals surface area contributed by atoms with E-state index >= 15 is 0 Å². The first-order chi connectivity index (χ1) is 13.9. The van der Waals surface area contributed by atoms with Crippen LogP contribution in [0.15, 0.2) is 48.5 Å². The van der Waals surface area contributed by atoms with Crippen molar-refractivity contribution in [1.82, 2.24) is 4.90 Å². The van der Waals surface area contributed by atoms with Gasteiger partial charge < -0.3 is 9.47 Å². The smallest absolute Gasteiger partial charge is 0.416 e. The molecule has 1 aliphatic heterocycles. The number of piperidine rings is 1. The van der Waals surface area contributed by atoms with E-state index in [0.29, 0.717) is 18.8 Å². The fourth-order valence-corrected chi connectivity index (χ4v) is 3.64. The lowest BCUT2D eigenvalue weighted by Gasteiger charge is -2.37. The van der Waals surface area contributed by atoms with E-state index in [-0.39, 0.29) is 17.8 Å². The molecule has 0 aromatic heterocycles. The molecule has 0 amide bonds. The van der Waals surface area contributed by atoms with Gasteiger partial charge in [-0.2, -0.15) is 13.2 Å². The number of likely N-dealkylation sites (tertiary alicyclic amines) is 1. The molecule has 0 aliphatic carbocycles. The number of benzene rings is 2. The largest absolute Gasteiger partial charge is 0.490 e. The molecule has 0 N–H and O–H groups in total. The van der Waals surface area contributed by atoms with E-state index in [1.54, 1.807) is 0 Å². The van der Waals surface area contributed by atoms with Crippen LogP contribution in [0.1, 0.15) is 37.8 Å². The van der Waals surface area contributed by atoms with Gasteiger partial charge in [-0.3, -0.25) is 4.90 Å². The van der Waals surface area contributed by atoms with Crippen LogP contribution >= 0.6 is 0 Å². The number of halogens is 3. The van der Waals surface area contributed by atoms with Crippen LogP contribution in [0.3, 0.4) is 0 Å². The van der Waals surface area contributed by atoms with E-state index in [1.165, 1.54) is 11.6 Å².